The van der Waals surface area contributed by atoms with Crippen LogP contribution in [0.4, 0.5) is 0 Å². The van der Waals surface area contributed by atoms with Gasteiger partial charge >= 0.3 is 0 Å². The van der Waals surface area contributed by atoms with E-state index >= 15 is 0 Å². The van der Waals surface area contributed by atoms with E-state index in [1.165, 1.54) is 0 Å². The van der Waals surface area contributed by atoms with Crippen LogP contribution < -0.4 is 0 Å². The number of benzene rings is 1. The maximum atomic E-state index is 4.54. The Bertz CT molecular complexity index is 908. The van der Waals surface area contributed by atoms with Gasteiger partial charge in [-0.1, -0.05) is 24.3 Å². The molecule has 112 valence electrons. The first kappa shape index (κ1) is 13.4. The first-order chi connectivity index (χ1) is 11.3. The van der Waals surface area contributed by atoms with E-state index in [0.29, 0.717) is 0 Å². The van der Waals surface area contributed by atoms with Gasteiger partial charge in [0.1, 0.15) is 18.5 Å². The third kappa shape index (κ3) is 2.50. The highest BCUT2D eigenvalue weighted by Gasteiger charge is 2.06. The van der Waals surface area contributed by atoms with Crippen molar-refractivity contribution in [1.29, 1.82) is 0 Å². The first-order valence-electron chi connectivity index (χ1n) is 7.23. The minimum atomic E-state index is 0.841. The Morgan fingerprint density at radius 3 is 2.30 bits per heavy atom. The molecular weight excluding hydrogens is 288 g/mol. The zero-order valence-electron chi connectivity index (χ0n) is 12.5. The third-order valence-electron chi connectivity index (χ3n) is 3.74. The van der Waals surface area contributed by atoms with E-state index in [1.807, 2.05) is 19.2 Å². The molecule has 1 aromatic carbocycles. The van der Waals surface area contributed by atoms with Crippen molar-refractivity contribution in [3.63, 3.8) is 0 Å². The minimum absolute atomic E-state index is 0.841. The Balaban J connectivity index is 1.67. The summed E-state index contributed by atoms with van der Waals surface area (Å²) in [6, 6.07) is 12.4. The molecule has 0 unspecified atom stereocenters. The topological polar surface area (TPSA) is 72.3 Å². The summed E-state index contributed by atoms with van der Waals surface area (Å²) in [5.74, 6) is 0.841. The standard InChI is InChI=1S/C17H14N6/c1-12-8-15(9-18-17(12)23-10-20-21-11-23)13-2-4-14(5-3-13)16-6-7-19-22-16/h2-11H,1H3,(H,19,22). The fourth-order valence-corrected chi connectivity index (χ4v) is 2.56. The SMILES string of the molecule is Cc1cc(-c2ccc(-c3ccn[nH]3)cc2)cnc1-n1cnnc1. The number of hydrogen-bond acceptors (Lipinski definition) is 4. The molecule has 4 aromatic rings. The van der Waals surface area contributed by atoms with Crippen LogP contribution in [-0.2, 0) is 0 Å². The Labute approximate surface area is 132 Å². The highest BCUT2D eigenvalue weighted by atomic mass is 15.2. The molecule has 3 aromatic heterocycles. The molecule has 0 spiro atoms. The van der Waals surface area contributed by atoms with E-state index in [0.717, 1.165) is 33.8 Å². The van der Waals surface area contributed by atoms with Crippen LogP contribution in [0.25, 0.3) is 28.2 Å². The number of pyridine rings is 1. The molecule has 0 fully saturated rings. The average Bonchev–Trinajstić information content (AvgIpc) is 3.29. The van der Waals surface area contributed by atoms with E-state index in [2.05, 4.69) is 55.7 Å². The van der Waals surface area contributed by atoms with Gasteiger partial charge in [-0.05, 0) is 35.7 Å². The molecule has 0 aliphatic rings. The third-order valence-corrected chi connectivity index (χ3v) is 3.74. The fourth-order valence-electron chi connectivity index (χ4n) is 2.56. The molecule has 6 nitrogen and oxygen atoms in total. The lowest BCUT2D eigenvalue weighted by atomic mass is 10.0. The van der Waals surface area contributed by atoms with Crippen LogP contribution in [0.15, 0.2) is 61.4 Å². The number of aryl methyl sites for hydroxylation is 1. The molecule has 1 N–H and O–H groups in total. The van der Waals surface area contributed by atoms with E-state index in [4.69, 9.17) is 0 Å². The lowest BCUT2D eigenvalue weighted by Gasteiger charge is -2.08. The lowest BCUT2D eigenvalue weighted by molar-refractivity contribution is 0.974. The second kappa shape index (κ2) is 5.49. The van der Waals surface area contributed by atoms with Gasteiger partial charge in [-0.3, -0.25) is 9.67 Å². The Kier molecular flexibility index (Phi) is 3.20. The van der Waals surface area contributed by atoms with Crippen LogP contribution in [0.2, 0.25) is 0 Å². The number of hydrogen-bond donors (Lipinski definition) is 1. The van der Waals surface area contributed by atoms with E-state index in [-0.39, 0.29) is 0 Å². The Hall–Kier alpha value is -3.28. The van der Waals surface area contributed by atoms with Crippen molar-refractivity contribution >= 4 is 0 Å². The largest absolute Gasteiger partial charge is 0.278 e. The quantitative estimate of drug-likeness (QED) is 0.631. The zero-order chi connectivity index (χ0) is 15.6. The van der Waals surface area contributed by atoms with Crippen LogP contribution in [-0.4, -0.2) is 29.9 Å². The fraction of sp³-hybridized carbons (Fsp3) is 0.0588. The number of aromatic nitrogens is 6. The minimum Gasteiger partial charge on any atom is -0.278 e. The predicted molar refractivity (Wildman–Crippen MR) is 86.9 cm³/mol. The van der Waals surface area contributed by atoms with E-state index in [1.54, 1.807) is 23.4 Å². The van der Waals surface area contributed by atoms with Gasteiger partial charge in [0.05, 0.1) is 5.69 Å². The monoisotopic (exact) mass is 302 g/mol. The predicted octanol–water partition coefficient (Wildman–Crippen LogP) is 3.03. The lowest BCUT2D eigenvalue weighted by Crippen LogP contribution is -1.98. The molecular formula is C17H14N6. The smallest absolute Gasteiger partial charge is 0.142 e. The summed E-state index contributed by atoms with van der Waals surface area (Å²) >= 11 is 0. The normalized spacial score (nSPS) is 10.8. The van der Waals surface area contributed by atoms with Crippen LogP contribution in [0.1, 0.15) is 5.56 Å². The molecule has 4 rings (SSSR count). The molecule has 0 radical (unpaired) electrons. The summed E-state index contributed by atoms with van der Waals surface area (Å²) in [6.45, 7) is 2.03. The summed E-state index contributed by atoms with van der Waals surface area (Å²) in [5.41, 5.74) is 5.39. The van der Waals surface area contributed by atoms with Crippen molar-refractivity contribution < 1.29 is 0 Å². The number of nitrogens with one attached hydrogen (secondary N) is 1. The molecule has 6 heteroatoms. The molecule has 0 amide bonds. The second-order valence-electron chi connectivity index (χ2n) is 5.28. The van der Waals surface area contributed by atoms with Crippen molar-refractivity contribution in [1.82, 2.24) is 29.9 Å². The molecule has 23 heavy (non-hydrogen) atoms. The van der Waals surface area contributed by atoms with Crippen molar-refractivity contribution in [3.05, 3.63) is 67.0 Å². The van der Waals surface area contributed by atoms with E-state index < -0.39 is 0 Å². The van der Waals surface area contributed by atoms with Crippen molar-refractivity contribution in [2.75, 3.05) is 0 Å². The summed E-state index contributed by atoms with van der Waals surface area (Å²) in [7, 11) is 0. The molecule has 0 aliphatic carbocycles. The van der Waals surface area contributed by atoms with Gasteiger partial charge in [-0.15, -0.1) is 10.2 Å². The van der Waals surface area contributed by atoms with Gasteiger partial charge < -0.3 is 0 Å². The van der Waals surface area contributed by atoms with Crippen LogP contribution in [0.3, 0.4) is 0 Å². The summed E-state index contributed by atoms with van der Waals surface area (Å²) in [6.07, 6.45) is 6.91. The highest BCUT2D eigenvalue weighted by Crippen LogP contribution is 2.25. The maximum Gasteiger partial charge on any atom is 0.142 e. The van der Waals surface area contributed by atoms with Crippen molar-refractivity contribution in [2.45, 2.75) is 6.92 Å². The van der Waals surface area contributed by atoms with Crippen molar-refractivity contribution in [2.24, 2.45) is 0 Å². The number of nitrogens with zero attached hydrogens (tertiary/aromatic N) is 5. The van der Waals surface area contributed by atoms with Gasteiger partial charge in [0, 0.05) is 18.0 Å². The van der Waals surface area contributed by atoms with Gasteiger partial charge in [0.15, 0.2) is 0 Å². The van der Waals surface area contributed by atoms with Gasteiger partial charge in [-0.2, -0.15) is 5.10 Å². The van der Waals surface area contributed by atoms with Crippen LogP contribution in [0, 0.1) is 6.92 Å². The van der Waals surface area contributed by atoms with Crippen molar-refractivity contribution in [3.8, 4) is 28.2 Å². The summed E-state index contributed by atoms with van der Waals surface area (Å²) in [5, 5.41) is 14.6. The summed E-state index contributed by atoms with van der Waals surface area (Å²) < 4.78 is 1.81. The molecule has 0 saturated carbocycles. The van der Waals surface area contributed by atoms with Crippen LogP contribution in [0.5, 0.6) is 0 Å². The van der Waals surface area contributed by atoms with Gasteiger partial charge in [-0.25, -0.2) is 4.98 Å². The molecule has 0 bridgehead atoms. The Morgan fingerprint density at radius 1 is 0.913 bits per heavy atom. The van der Waals surface area contributed by atoms with E-state index in [9.17, 15) is 0 Å². The Morgan fingerprint density at radius 2 is 1.65 bits per heavy atom. The summed E-state index contributed by atoms with van der Waals surface area (Å²) in [4.78, 5) is 4.54. The van der Waals surface area contributed by atoms with Gasteiger partial charge in [0.25, 0.3) is 0 Å². The number of H-pyrrole nitrogens is 1. The average molecular weight is 302 g/mol. The molecule has 0 aliphatic heterocycles. The maximum absolute atomic E-state index is 4.54. The molecule has 3 heterocycles. The number of rotatable bonds is 3. The zero-order valence-corrected chi connectivity index (χ0v) is 12.5. The van der Waals surface area contributed by atoms with Crippen LogP contribution >= 0.6 is 0 Å². The first-order valence-corrected chi connectivity index (χ1v) is 7.23. The van der Waals surface area contributed by atoms with Gasteiger partial charge in [0.2, 0.25) is 0 Å². The molecule has 0 atom stereocenters. The molecule has 0 saturated heterocycles. The highest BCUT2D eigenvalue weighted by molar-refractivity contribution is 5.69. The number of aromatic amines is 1. The second-order valence-corrected chi connectivity index (χ2v) is 5.28.